The summed E-state index contributed by atoms with van der Waals surface area (Å²) in [4.78, 5) is 13.8. The molecule has 17 heavy (non-hydrogen) atoms. The van der Waals surface area contributed by atoms with Gasteiger partial charge in [0.2, 0.25) is 0 Å². The number of halogens is 1. The highest BCUT2D eigenvalue weighted by Gasteiger charge is 2.47. The Morgan fingerprint density at radius 1 is 1.24 bits per heavy atom. The third-order valence-electron chi connectivity index (χ3n) is 3.25. The lowest BCUT2D eigenvalue weighted by Crippen LogP contribution is -2.45. The number of carbonyl (C=O) groups excluding carboxylic acids is 1. The van der Waals surface area contributed by atoms with Crippen molar-refractivity contribution in [2.24, 2.45) is 0 Å². The maximum absolute atomic E-state index is 11.1. The molecule has 2 aliphatic rings. The van der Waals surface area contributed by atoms with Crippen LogP contribution in [0.5, 0.6) is 0 Å². The quantitative estimate of drug-likeness (QED) is 0.549. The second-order valence-corrected chi connectivity index (χ2v) is 4.81. The average Bonchev–Trinajstić information content (AvgIpc) is 2.72. The molecule has 1 spiro atoms. The predicted molar refractivity (Wildman–Crippen MR) is 64.3 cm³/mol. The number of ether oxygens (including phenoxy) is 3. The Bertz CT molecular complexity index is 352. The van der Waals surface area contributed by atoms with Crippen LogP contribution in [0.3, 0.4) is 0 Å². The van der Waals surface area contributed by atoms with E-state index in [1.807, 2.05) is 0 Å². The molecule has 0 aromatic heterocycles. The number of rotatable bonds is 1. The number of hydrogen-bond donors (Lipinski definition) is 0. The normalized spacial score (nSPS) is 25.1. The molecule has 4 nitrogen and oxygen atoms in total. The lowest BCUT2D eigenvalue weighted by molar-refractivity contribution is -0.203. The highest BCUT2D eigenvalue weighted by atomic mass is 79.9. The zero-order chi connectivity index (χ0) is 12.4. The average molecular weight is 303 g/mol. The Morgan fingerprint density at radius 2 is 1.82 bits per heavy atom. The van der Waals surface area contributed by atoms with Crippen LogP contribution in [-0.2, 0) is 19.0 Å². The van der Waals surface area contributed by atoms with E-state index in [1.54, 1.807) is 0 Å². The molecule has 1 heterocycles. The molecule has 2 rings (SSSR count). The monoisotopic (exact) mass is 302 g/mol. The van der Waals surface area contributed by atoms with Crippen LogP contribution in [0.1, 0.15) is 32.6 Å². The van der Waals surface area contributed by atoms with Crippen molar-refractivity contribution in [1.82, 2.24) is 0 Å². The zero-order valence-electron chi connectivity index (χ0n) is 9.75. The summed E-state index contributed by atoms with van der Waals surface area (Å²) < 4.78 is 16.6. The molecule has 0 atom stereocenters. The molecule has 0 radical (unpaired) electrons. The van der Waals surface area contributed by atoms with Crippen molar-refractivity contribution < 1.29 is 19.0 Å². The van der Waals surface area contributed by atoms with Crippen molar-refractivity contribution in [1.29, 1.82) is 0 Å². The van der Waals surface area contributed by atoms with Crippen LogP contribution in [0.4, 0.5) is 0 Å². The van der Waals surface area contributed by atoms with Crippen LogP contribution in [0, 0.1) is 10.8 Å². The Morgan fingerprint density at radius 3 is 2.29 bits per heavy atom. The second-order valence-electron chi connectivity index (χ2n) is 4.42. The topological polar surface area (TPSA) is 44.8 Å². The highest BCUT2D eigenvalue weighted by Crippen LogP contribution is 2.41. The summed E-state index contributed by atoms with van der Waals surface area (Å²) in [7, 11) is 0. The Hall–Kier alpha value is -0.570. The van der Waals surface area contributed by atoms with Gasteiger partial charge in [-0.3, -0.25) is 4.79 Å². The third kappa shape index (κ3) is 2.82. The SMILES string of the molecule is CC(=O)OC1(C#CBr)CCC2(CC1)OCCO2. The van der Waals surface area contributed by atoms with Crippen molar-refractivity contribution >= 4 is 21.9 Å². The lowest BCUT2D eigenvalue weighted by atomic mass is 9.81. The molecule has 94 valence electrons. The van der Waals surface area contributed by atoms with E-state index in [0.717, 1.165) is 0 Å². The highest BCUT2D eigenvalue weighted by molar-refractivity contribution is 9.12. The molecule has 0 unspecified atom stereocenters. The largest absolute Gasteiger partial charge is 0.446 e. The fraction of sp³-hybridized carbons (Fsp3) is 0.750. The van der Waals surface area contributed by atoms with Gasteiger partial charge in [-0.15, -0.1) is 0 Å². The molecule has 0 amide bonds. The van der Waals surface area contributed by atoms with Crippen LogP contribution < -0.4 is 0 Å². The maximum atomic E-state index is 11.1. The van der Waals surface area contributed by atoms with Crippen molar-refractivity contribution in [2.45, 2.75) is 44.0 Å². The summed E-state index contributed by atoms with van der Waals surface area (Å²) in [5, 5.41) is 0. The van der Waals surface area contributed by atoms with Crippen molar-refractivity contribution in [3.8, 4) is 10.8 Å². The molecular formula is C12H15BrO4. The van der Waals surface area contributed by atoms with E-state index < -0.39 is 11.4 Å². The van der Waals surface area contributed by atoms with Crippen LogP contribution in [0.25, 0.3) is 0 Å². The van der Waals surface area contributed by atoms with Crippen LogP contribution in [-0.4, -0.2) is 30.6 Å². The van der Waals surface area contributed by atoms with Crippen LogP contribution >= 0.6 is 15.9 Å². The molecule has 5 heteroatoms. The Kier molecular flexibility index (Phi) is 3.76. The Balaban J connectivity index is 2.06. The maximum Gasteiger partial charge on any atom is 0.304 e. The molecule has 1 aliphatic carbocycles. The molecule has 1 aliphatic heterocycles. The third-order valence-corrected chi connectivity index (χ3v) is 3.45. The van der Waals surface area contributed by atoms with Gasteiger partial charge >= 0.3 is 5.97 Å². The van der Waals surface area contributed by atoms with E-state index >= 15 is 0 Å². The van der Waals surface area contributed by atoms with Crippen molar-refractivity contribution in [3.05, 3.63) is 0 Å². The van der Waals surface area contributed by atoms with E-state index in [0.29, 0.717) is 38.9 Å². The second kappa shape index (κ2) is 4.97. The number of esters is 1. The van der Waals surface area contributed by atoms with Gasteiger partial charge in [-0.05, 0) is 10.8 Å². The van der Waals surface area contributed by atoms with Gasteiger partial charge in [0.25, 0.3) is 0 Å². The number of hydrogen-bond acceptors (Lipinski definition) is 4. The summed E-state index contributed by atoms with van der Waals surface area (Å²) >= 11 is 3.07. The fourth-order valence-electron chi connectivity index (χ4n) is 2.43. The number of carbonyl (C=O) groups is 1. The van der Waals surface area contributed by atoms with Gasteiger partial charge in [0.15, 0.2) is 11.4 Å². The van der Waals surface area contributed by atoms with E-state index in [-0.39, 0.29) is 5.97 Å². The van der Waals surface area contributed by atoms with E-state index in [9.17, 15) is 4.79 Å². The molecule has 2 fully saturated rings. The minimum absolute atomic E-state index is 0.301. The molecule has 1 saturated carbocycles. The van der Waals surface area contributed by atoms with Crippen molar-refractivity contribution in [3.63, 3.8) is 0 Å². The summed E-state index contributed by atoms with van der Waals surface area (Å²) in [5.41, 5.74) is -0.685. The minimum atomic E-state index is -0.685. The van der Waals surface area contributed by atoms with Crippen molar-refractivity contribution in [2.75, 3.05) is 13.2 Å². The van der Waals surface area contributed by atoms with Gasteiger partial charge in [0.1, 0.15) is 0 Å². The first-order chi connectivity index (χ1) is 8.10. The van der Waals surface area contributed by atoms with Gasteiger partial charge in [-0.25, -0.2) is 0 Å². The summed E-state index contributed by atoms with van der Waals surface area (Å²) in [5.74, 6) is 2.19. The fourth-order valence-corrected chi connectivity index (χ4v) is 2.80. The zero-order valence-corrected chi connectivity index (χ0v) is 11.3. The first-order valence-corrected chi connectivity index (χ1v) is 6.49. The molecule has 0 aromatic rings. The molecule has 0 N–H and O–H groups in total. The summed E-state index contributed by atoms with van der Waals surface area (Å²) in [6.07, 6.45) is 2.71. The minimum Gasteiger partial charge on any atom is -0.446 e. The van der Waals surface area contributed by atoms with Crippen LogP contribution in [0.2, 0.25) is 0 Å². The molecule has 1 saturated heterocycles. The van der Waals surface area contributed by atoms with E-state index in [2.05, 4.69) is 26.7 Å². The van der Waals surface area contributed by atoms with Gasteiger partial charge in [-0.2, -0.15) is 0 Å². The smallest absolute Gasteiger partial charge is 0.304 e. The first-order valence-electron chi connectivity index (χ1n) is 5.70. The standard InChI is InChI=1S/C12H15BrO4/c1-10(14)17-11(6-7-13)2-4-12(5-3-11)15-8-9-16-12/h2-5,8-9H2,1H3. The van der Waals surface area contributed by atoms with Gasteiger partial charge in [-0.1, -0.05) is 0 Å². The summed E-state index contributed by atoms with van der Waals surface area (Å²) in [6, 6.07) is 0. The van der Waals surface area contributed by atoms with Gasteiger partial charge in [0, 0.05) is 48.5 Å². The van der Waals surface area contributed by atoms with Gasteiger partial charge < -0.3 is 14.2 Å². The summed E-state index contributed by atoms with van der Waals surface area (Å²) in [6.45, 7) is 2.69. The molecular weight excluding hydrogens is 288 g/mol. The predicted octanol–water partition coefficient (Wildman–Crippen LogP) is 1.96. The van der Waals surface area contributed by atoms with E-state index in [4.69, 9.17) is 14.2 Å². The molecule has 0 aromatic carbocycles. The van der Waals surface area contributed by atoms with E-state index in [1.165, 1.54) is 6.92 Å². The first kappa shape index (κ1) is 12.9. The van der Waals surface area contributed by atoms with Gasteiger partial charge in [0.05, 0.1) is 13.2 Å². The Labute approximate surface area is 109 Å². The lowest BCUT2D eigenvalue weighted by Gasteiger charge is -2.39. The molecule has 0 bridgehead atoms. The van der Waals surface area contributed by atoms with Crippen LogP contribution in [0.15, 0.2) is 0 Å².